The number of thiazole rings is 1. The van der Waals surface area contributed by atoms with E-state index in [2.05, 4.69) is 4.98 Å². The Kier molecular flexibility index (Phi) is 3.74. The molecular weight excluding hydrogens is 280 g/mol. The second kappa shape index (κ2) is 4.95. The Balaban J connectivity index is 2.26. The maximum atomic E-state index is 12.1. The van der Waals surface area contributed by atoms with E-state index in [0.717, 1.165) is 5.75 Å². The third-order valence-electron chi connectivity index (χ3n) is 2.49. The first-order valence-electron chi connectivity index (χ1n) is 4.96. The Morgan fingerprint density at radius 2 is 2.35 bits per heavy atom. The van der Waals surface area contributed by atoms with Crippen molar-refractivity contribution in [3.8, 4) is 0 Å². The zero-order chi connectivity index (χ0) is 12.5. The maximum absolute atomic E-state index is 12.1. The van der Waals surface area contributed by atoms with Gasteiger partial charge in [0.1, 0.15) is 11.1 Å². The Morgan fingerprint density at radius 3 is 2.94 bits per heavy atom. The fourth-order valence-corrected chi connectivity index (χ4v) is 4.97. The van der Waals surface area contributed by atoms with Crippen molar-refractivity contribution >= 4 is 38.8 Å². The smallest absolute Gasteiger partial charge is 0.274 e. The highest BCUT2D eigenvalue weighted by Gasteiger charge is 2.35. The molecule has 1 aromatic rings. The Labute approximate surface area is 108 Å². The predicted octanol–water partition coefficient (Wildman–Crippen LogP) is 0.703. The molecule has 94 valence electrons. The molecule has 0 bridgehead atoms. The summed E-state index contributed by atoms with van der Waals surface area (Å²) in [7, 11) is -3.25. The third kappa shape index (κ3) is 2.80. The molecule has 1 amide bonds. The molecule has 2 heterocycles. The number of carbonyl (C=O) groups excluding carboxylic acids is 1. The molecule has 17 heavy (non-hydrogen) atoms. The first-order chi connectivity index (χ1) is 8.00. The van der Waals surface area contributed by atoms with E-state index in [0.29, 0.717) is 18.0 Å². The summed E-state index contributed by atoms with van der Waals surface area (Å²) in [5.74, 6) is 0.915. The molecule has 0 aromatic carbocycles. The number of carbonyl (C=O) groups is 1. The molecule has 0 saturated carbocycles. The zero-order valence-electron chi connectivity index (χ0n) is 9.20. The van der Waals surface area contributed by atoms with Crippen LogP contribution in [0.5, 0.6) is 0 Å². The average Bonchev–Trinajstić information content (AvgIpc) is 2.80. The summed E-state index contributed by atoms with van der Waals surface area (Å²) in [5.41, 5.74) is 1.90. The lowest BCUT2D eigenvalue weighted by atomic mass is 10.4. The Morgan fingerprint density at radius 1 is 1.59 bits per heavy atom. The van der Waals surface area contributed by atoms with Crippen LogP contribution in [0.2, 0.25) is 0 Å². The number of thioether (sulfide) groups is 1. The lowest BCUT2D eigenvalue weighted by Gasteiger charge is -2.33. The van der Waals surface area contributed by atoms with Crippen molar-refractivity contribution in [1.82, 2.24) is 9.88 Å². The molecule has 1 saturated heterocycles. The highest BCUT2D eigenvalue weighted by atomic mass is 32.2. The quantitative estimate of drug-likeness (QED) is 0.803. The Bertz CT molecular complexity index is 498. The second-order valence-electron chi connectivity index (χ2n) is 3.73. The van der Waals surface area contributed by atoms with E-state index < -0.39 is 15.2 Å². The third-order valence-corrected chi connectivity index (χ3v) is 5.72. The van der Waals surface area contributed by atoms with Gasteiger partial charge in [-0.05, 0) is 0 Å². The number of aromatic nitrogens is 1. The summed E-state index contributed by atoms with van der Waals surface area (Å²) in [6, 6.07) is 0. The van der Waals surface area contributed by atoms with Gasteiger partial charge in [0, 0.05) is 29.7 Å². The molecule has 0 spiro atoms. The molecule has 5 nitrogen and oxygen atoms in total. The molecule has 0 radical (unpaired) electrons. The molecule has 1 unspecified atom stereocenters. The van der Waals surface area contributed by atoms with Crippen LogP contribution in [0, 0.1) is 0 Å². The summed E-state index contributed by atoms with van der Waals surface area (Å²) in [4.78, 5) is 17.5. The van der Waals surface area contributed by atoms with E-state index in [-0.39, 0.29) is 5.91 Å². The Hall–Kier alpha value is -0.600. The summed E-state index contributed by atoms with van der Waals surface area (Å²) >= 11 is 2.88. The van der Waals surface area contributed by atoms with Crippen molar-refractivity contribution in [1.29, 1.82) is 0 Å². The monoisotopic (exact) mass is 292 g/mol. The molecule has 0 aliphatic carbocycles. The highest BCUT2D eigenvalue weighted by Crippen LogP contribution is 2.22. The first kappa shape index (κ1) is 12.8. The number of sulfone groups is 1. The van der Waals surface area contributed by atoms with Crippen LogP contribution in [-0.4, -0.2) is 53.9 Å². The van der Waals surface area contributed by atoms with Crippen LogP contribution in [0.1, 0.15) is 10.5 Å². The van der Waals surface area contributed by atoms with E-state index >= 15 is 0 Å². The maximum Gasteiger partial charge on any atom is 0.274 e. The van der Waals surface area contributed by atoms with Crippen molar-refractivity contribution in [3.05, 3.63) is 16.6 Å². The molecule has 8 heteroatoms. The van der Waals surface area contributed by atoms with Crippen LogP contribution < -0.4 is 0 Å². The highest BCUT2D eigenvalue weighted by molar-refractivity contribution is 8.00. The van der Waals surface area contributed by atoms with Crippen LogP contribution in [-0.2, 0) is 9.84 Å². The van der Waals surface area contributed by atoms with Gasteiger partial charge in [0.2, 0.25) is 0 Å². The zero-order valence-corrected chi connectivity index (χ0v) is 11.6. The standard InChI is InChI=1S/C9H12N2O3S3/c1-17(13,14)8-5-15-3-2-11(8)9(12)7-4-16-6-10-7/h4,6,8H,2-3,5H2,1H3. The molecule has 1 aliphatic heterocycles. The average molecular weight is 292 g/mol. The van der Waals surface area contributed by atoms with Crippen molar-refractivity contribution in [2.24, 2.45) is 0 Å². The van der Waals surface area contributed by atoms with E-state index in [1.165, 1.54) is 22.5 Å². The van der Waals surface area contributed by atoms with E-state index in [9.17, 15) is 13.2 Å². The van der Waals surface area contributed by atoms with Gasteiger partial charge in [-0.2, -0.15) is 11.8 Å². The summed E-state index contributed by atoms with van der Waals surface area (Å²) in [5, 5.41) is 0.916. The molecule has 1 fully saturated rings. The van der Waals surface area contributed by atoms with E-state index in [1.807, 2.05) is 0 Å². The lowest BCUT2D eigenvalue weighted by Crippen LogP contribution is -2.50. The summed E-state index contributed by atoms with van der Waals surface area (Å²) < 4.78 is 23.3. The molecule has 1 aliphatic rings. The number of nitrogens with zero attached hydrogens (tertiary/aromatic N) is 2. The van der Waals surface area contributed by atoms with Crippen LogP contribution in [0.3, 0.4) is 0 Å². The van der Waals surface area contributed by atoms with Crippen LogP contribution in [0.4, 0.5) is 0 Å². The molecular formula is C9H12N2O3S3. The summed E-state index contributed by atoms with van der Waals surface area (Å²) in [6.45, 7) is 0.457. The molecule has 1 atom stereocenters. The predicted molar refractivity (Wildman–Crippen MR) is 69.1 cm³/mol. The van der Waals surface area contributed by atoms with Gasteiger partial charge >= 0.3 is 0 Å². The van der Waals surface area contributed by atoms with Gasteiger partial charge in [0.05, 0.1) is 5.51 Å². The fourth-order valence-electron chi connectivity index (χ4n) is 1.63. The van der Waals surface area contributed by atoms with Gasteiger partial charge in [0.25, 0.3) is 5.91 Å². The fraction of sp³-hybridized carbons (Fsp3) is 0.556. The molecule has 1 aromatic heterocycles. The van der Waals surface area contributed by atoms with Crippen molar-refractivity contribution in [2.75, 3.05) is 24.3 Å². The number of amides is 1. The van der Waals surface area contributed by atoms with Gasteiger partial charge in [-0.15, -0.1) is 11.3 Å². The van der Waals surface area contributed by atoms with Gasteiger partial charge in [-0.1, -0.05) is 0 Å². The van der Waals surface area contributed by atoms with Gasteiger partial charge in [-0.25, -0.2) is 13.4 Å². The van der Waals surface area contributed by atoms with Gasteiger partial charge < -0.3 is 4.90 Å². The van der Waals surface area contributed by atoms with Gasteiger partial charge in [-0.3, -0.25) is 4.79 Å². The topological polar surface area (TPSA) is 67.3 Å². The van der Waals surface area contributed by atoms with Crippen molar-refractivity contribution < 1.29 is 13.2 Å². The minimum atomic E-state index is -3.25. The SMILES string of the molecule is CS(=O)(=O)C1CSCCN1C(=O)c1cscn1. The molecule has 0 N–H and O–H groups in total. The summed E-state index contributed by atoms with van der Waals surface area (Å²) in [6.07, 6.45) is 1.17. The van der Waals surface area contributed by atoms with E-state index in [4.69, 9.17) is 0 Å². The van der Waals surface area contributed by atoms with Gasteiger partial charge in [0.15, 0.2) is 9.84 Å². The van der Waals surface area contributed by atoms with Crippen molar-refractivity contribution in [2.45, 2.75) is 5.37 Å². The molecule has 2 rings (SSSR count). The number of hydrogen-bond donors (Lipinski definition) is 0. The minimum absolute atomic E-state index is 0.290. The van der Waals surface area contributed by atoms with Crippen molar-refractivity contribution in [3.63, 3.8) is 0 Å². The lowest BCUT2D eigenvalue weighted by molar-refractivity contribution is 0.0744. The first-order valence-corrected chi connectivity index (χ1v) is 9.01. The minimum Gasteiger partial charge on any atom is -0.319 e. The van der Waals surface area contributed by atoms with Crippen LogP contribution in [0.15, 0.2) is 10.9 Å². The number of hydrogen-bond acceptors (Lipinski definition) is 6. The van der Waals surface area contributed by atoms with E-state index in [1.54, 1.807) is 22.7 Å². The van der Waals surface area contributed by atoms with Crippen LogP contribution >= 0.6 is 23.1 Å². The van der Waals surface area contributed by atoms with Crippen LogP contribution in [0.25, 0.3) is 0 Å². The number of rotatable bonds is 2. The largest absolute Gasteiger partial charge is 0.319 e. The normalized spacial score (nSPS) is 21.5. The second-order valence-corrected chi connectivity index (χ2v) is 7.80.